The summed E-state index contributed by atoms with van der Waals surface area (Å²) in [6.07, 6.45) is -5.08. The second-order valence-electron chi connectivity index (χ2n) is 7.04. The number of carboxylic acids is 1. The van der Waals surface area contributed by atoms with Crippen molar-refractivity contribution in [2.45, 2.75) is 19.6 Å². The van der Waals surface area contributed by atoms with Crippen molar-refractivity contribution in [2.24, 2.45) is 11.3 Å². The van der Waals surface area contributed by atoms with E-state index in [2.05, 4.69) is 30.0 Å². The summed E-state index contributed by atoms with van der Waals surface area (Å²) < 4.78 is 48.5. The zero-order valence-corrected chi connectivity index (χ0v) is 16.0. The maximum atomic E-state index is 10.6. The minimum atomic E-state index is -5.08. The van der Waals surface area contributed by atoms with Gasteiger partial charge in [0, 0.05) is 37.6 Å². The van der Waals surface area contributed by atoms with Crippen LogP contribution in [0.3, 0.4) is 0 Å². The van der Waals surface area contributed by atoms with Gasteiger partial charge in [-0.3, -0.25) is 4.90 Å². The Morgan fingerprint density at radius 3 is 2.75 bits per heavy atom. The van der Waals surface area contributed by atoms with Gasteiger partial charge in [-0.25, -0.2) is 4.79 Å². The van der Waals surface area contributed by atoms with Gasteiger partial charge < -0.3 is 19.3 Å². The predicted molar refractivity (Wildman–Crippen MR) is 95.2 cm³/mol. The van der Waals surface area contributed by atoms with Crippen LogP contribution in [0.25, 0.3) is 0 Å². The van der Waals surface area contributed by atoms with Crippen LogP contribution >= 0.6 is 0 Å². The number of rotatable bonds is 6. The molecule has 1 aromatic carbocycles. The van der Waals surface area contributed by atoms with Crippen LogP contribution in [0.1, 0.15) is 12.5 Å². The molecule has 0 amide bonds. The molecule has 1 N–H and O–H groups in total. The first-order valence-electron chi connectivity index (χ1n) is 9.01. The third kappa shape index (κ3) is 5.83. The second-order valence-corrected chi connectivity index (χ2v) is 7.04. The number of aliphatic carboxylic acids is 1. The molecular weight excluding hydrogens is 379 g/mol. The molecule has 1 aromatic rings. The van der Waals surface area contributed by atoms with Gasteiger partial charge in [0.1, 0.15) is 5.75 Å². The first-order valence-corrected chi connectivity index (χ1v) is 9.01. The fraction of sp³-hybridized carbons (Fsp3) is 0.632. The summed E-state index contributed by atoms with van der Waals surface area (Å²) in [5.74, 6) is -1.22. The molecule has 6 nitrogen and oxygen atoms in total. The number of halogens is 3. The first kappa shape index (κ1) is 22.4. The van der Waals surface area contributed by atoms with Crippen molar-refractivity contribution in [3.63, 3.8) is 0 Å². The number of carboxylic acid groups (broad SMARTS) is 1. The summed E-state index contributed by atoms with van der Waals surface area (Å²) in [4.78, 5) is 11.4. The zero-order chi connectivity index (χ0) is 20.8. The molecule has 0 unspecified atom stereocenters. The van der Waals surface area contributed by atoms with Gasteiger partial charge in [-0.2, -0.15) is 13.2 Å². The van der Waals surface area contributed by atoms with Gasteiger partial charge in [-0.1, -0.05) is 12.1 Å². The summed E-state index contributed by atoms with van der Waals surface area (Å²) in [5.41, 5.74) is 1.51. The van der Waals surface area contributed by atoms with E-state index in [4.69, 9.17) is 24.1 Å². The molecule has 0 spiro atoms. The summed E-state index contributed by atoms with van der Waals surface area (Å²) in [6, 6.07) is 8.35. The smallest absolute Gasteiger partial charge is 0.490 e. The molecule has 0 radical (unpaired) electrons. The fourth-order valence-corrected chi connectivity index (χ4v) is 3.60. The van der Waals surface area contributed by atoms with Crippen LogP contribution < -0.4 is 4.74 Å². The Bertz CT molecular complexity index is 655. The van der Waals surface area contributed by atoms with Gasteiger partial charge in [0.05, 0.1) is 26.9 Å². The molecule has 158 valence electrons. The third-order valence-corrected chi connectivity index (χ3v) is 4.97. The summed E-state index contributed by atoms with van der Waals surface area (Å²) >= 11 is 0. The highest BCUT2D eigenvalue weighted by Crippen LogP contribution is 2.42. The standard InChI is InChI=1S/C17H25NO3.C2HF3O2/c1-3-20-12-17-11-18(9-15(17)10-21-13-17)8-14-5-4-6-16(7-14)19-2;3-2(4,5)1(6)7/h4-7,15H,3,8-13H2,1-2H3;(H,6,7)/t15-,17-;/m1./s1. The predicted octanol–water partition coefficient (Wildman–Crippen LogP) is 2.81. The number of ether oxygens (including phenoxy) is 3. The lowest BCUT2D eigenvalue weighted by atomic mass is 9.82. The lowest BCUT2D eigenvalue weighted by Crippen LogP contribution is -2.35. The van der Waals surface area contributed by atoms with E-state index in [0.29, 0.717) is 5.92 Å². The van der Waals surface area contributed by atoms with E-state index in [1.165, 1.54) is 5.56 Å². The topological polar surface area (TPSA) is 68.2 Å². The highest BCUT2D eigenvalue weighted by atomic mass is 19.4. The van der Waals surface area contributed by atoms with E-state index >= 15 is 0 Å². The van der Waals surface area contributed by atoms with Gasteiger partial charge in [-0.05, 0) is 24.6 Å². The molecule has 2 heterocycles. The van der Waals surface area contributed by atoms with Gasteiger partial charge in [0.25, 0.3) is 0 Å². The van der Waals surface area contributed by atoms with Gasteiger partial charge in [-0.15, -0.1) is 0 Å². The fourth-order valence-electron chi connectivity index (χ4n) is 3.60. The molecule has 0 aliphatic carbocycles. The van der Waals surface area contributed by atoms with Crippen molar-refractivity contribution in [1.29, 1.82) is 0 Å². The Hall–Kier alpha value is -1.84. The van der Waals surface area contributed by atoms with E-state index in [1.807, 2.05) is 6.07 Å². The molecule has 2 aliphatic heterocycles. The Balaban J connectivity index is 0.000000345. The molecule has 0 bridgehead atoms. The van der Waals surface area contributed by atoms with Crippen molar-refractivity contribution >= 4 is 5.97 Å². The third-order valence-electron chi connectivity index (χ3n) is 4.97. The van der Waals surface area contributed by atoms with E-state index in [9.17, 15) is 13.2 Å². The normalized spacial score (nSPS) is 24.4. The summed E-state index contributed by atoms with van der Waals surface area (Å²) in [7, 11) is 1.72. The number of hydrogen-bond acceptors (Lipinski definition) is 5. The molecule has 28 heavy (non-hydrogen) atoms. The van der Waals surface area contributed by atoms with Crippen LogP contribution in [0.15, 0.2) is 24.3 Å². The van der Waals surface area contributed by atoms with E-state index in [0.717, 1.165) is 51.8 Å². The summed E-state index contributed by atoms with van der Waals surface area (Å²) in [6.45, 7) is 8.52. The Morgan fingerprint density at radius 2 is 2.14 bits per heavy atom. The lowest BCUT2D eigenvalue weighted by Gasteiger charge is -2.26. The maximum Gasteiger partial charge on any atom is 0.490 e. The van der Waals surface area contributed by atoms with Crippen molar-refractivity contribution in [1.82, 2.24) is 4.90 Å². The highest BCUT2D eigenvalue weighted by Gasteiger charge is 2.50. The number of likely N-dealkylation sites (tertiary alicyclic amines) is 1. The summed E-state index contributed by atoms with van der Waals surface area (Å²) in [5, 5.41) is 7.12. The van der Waals surface area contributed by atoms with E-state index < -0.39 is 12.1 Å². The lowest BCUT2D eigenvalue weighted by molar-refractivity contribution is -0.192. The number of carbonyl (C=O) groups is 1. The van der Waals surface area contributed by atoms with Crippen LogP contribution in [0.5, 0.6) is 5.75 Å². The Morgan fingerprint density at radius 1 is 1.43 bits per heavy atom. The number of benzene rings is 1. The van der Waals surface area contributed by atoms with Crippen LogP contribution in [0.4, 0.5) is 13.2 Å². The highest BCUT2D eigenvalue weighted by molar-refractivity contribution is 5.73. The van der Waals surface area contributed by atoms with Crippen LogP contribution in [-0.2, 0) is 20.8 Å². The first-order chi connectivity index (χ1) is 13.2. The van der Waals surface area contributed by atoms with Crippen LogP contribution in [0.2, 0.25) is 0 Å². The zero-order valence-electron chi connectivity index (χ0n) is 16.0. The van der Waals surface area contributed by atoms with E-state index in [1.54, 1.807) is 7.11 Å². The molecule has 0 aromatic heterocycles. The number of hydrogen-bond donors (Lipinski definition) is 1. The Kier molecular flexibility index (Phi) is 7.68. The number of alkyl halides is 3. The van der Waals surface area contributed by atoms with Crippen molar-refractivity contribution in [2.75, 3.05) is 46.6 Å². The van der Waals surface area contributed by atoms with Gasteiger partial charge in [0.15, 0.2) is 0 Å². The van der Waals surface area contributed by atoms with Crippen LogP contribution in [-0.4, -0.2) is 68.8 Å². The molecule has 3 rings (SSSR count). The SMILES string of the molecule is CCOC[C@]12COC[C@H]1CN(Cc1cccc(OC)c1)C2.O=C(O)C(F)(F)F. The monoisotopic (exact) mass is 405 g/mol. The largest absolute Gasteiger partial charge is 0.497 e. The average molecular weight is 405 g/mol. The quantitative estimate of drug-likeness (QED) is 0.785. The average Bonchev–Trinajstić information content (AvgIpc) is 3.16. The number of nitrogens with zero attached hydrogens (tertiary/aromatic N) is 1. The minimum absolute atomic E-state index is 0.203. The molecular formula is C19H26F3NO5. The maximum absolute atomic E-state index is 10.6. The molecule has 2 aliphatic rings. The molecule has 9 heteroatoms. The molecule has 2 saturated heterocycles. The molecule has 2 atom stereocenters. The van der Waals surface area contributed by atoms with Crippen LogP contribution in [0, 0.1) is 11.3 Å². The molecule has 0 saturated carbocycles. The van der Waals surface area contributed by atoms with Crippen molar-refractivity contribution < 1.29 is 37.3 Å². The second kappa shape index (κ2) is 9.58. The number of fused-ring (bicyclic) bond motifs is 1. The van der Waals surface area contributed by atoms with Gasteiger partial charge >= 0.3 is 12.1 Å². The van der Waals surface area contributed by atoms with E-state index in [-0.39, 0.29) is 5.41 Å². The van der Waals surface area contributed by atoms with Crippen molar-refractivity contribution in [3.05, 3.63) is 29.8 Å². The molecule has 2 fully saturated rings. The minimum Gasteiger partial charge on any atom is -0.497 e. The number of methoxy groups -OCH3 is 1. The Labute approximate surface area is 162 Å². The van der Waals surface area contributed by atoms with Gasteiger partial charge in [0.2, 0.25) is 0 Å². The van der Waals surface area contributed by atoms with Crippen molar-refractivity contribution in [3.8, 4) is 5.75 Å².